The number of fused-ring (bicyclic) bond motifs is 5. The van der Waals surface area contributed by atoms with Gasteiger partial charge in [0.2, 0.25) is 0 Å². The van der Waals surface area contributed by atoms with Gasteiger partial charge in [-0.15, -0.1) is 0 Å². The predicted octanol–water partition coefficient (Wildman–Crippen LogP) is 3.13. The third-order valence-corrected chi connectivity index (χ3v) is 5.40. The molecule has 0 saturated carbocycles. The Balaban J connectivity index is 1.99. The zero-order valence-corrected chi connectivity index (χ0v) is 17.3. The number of carboxylic acids is 1. The number of Topliss-reactive ketones (excluding diaryl/α,β-unsaturated/α-hetero) is 1. The molecule has 4 rings (SSSR count). The summed E-state index contributed by atoms with van der Waals surface area (Å²) < 4.78 is 9.37. The summed E-state index contributed by atoms with van der Waals surface area (Å²) in [6, 6.07) is 6.70. The number of pyridine rings is 1. The van der Waals surface area contributed by atoms with Crippen LogP contribution in [0.1, 0.15) is 44.1 Å². The number of hydrogen-bond donors (Lipinski definition) is 1. The minimum absolute atomic E-state index is 0.0516. The summed E-state index contributed by atoms with van der Waals surface area (Å²) in [4.78, 5) is 35.4. The van der Waals surface area contributed by atoms with Gasteiger partial charge in [0.1, 0.15) is 23.4 Å². The Morgan fingerprint density at radius 1 is 1.30 bits per heavy atom. The summed E-state index contributed by atoms with van der Waals surface area (Å²) in [5, 5.41) is 15.0. The molecule has 1 aliphatic heterocycles. The van der Waals surface area contributed by atoms with Gasteiger partial charge in [0.25, 0.3) is 0 Å². The van der Waals surface area contributed by atoms with Crippen molar-refractivity contribution < 1.29 is 19.4 Å². The molecule has 3 aromatic rings. The van der Waals surface area contributed by atoms with E-state index in [0.29, 0.717) is 23.5 Å². The Hall–Kier alpha value is -3.42. The fourth-order valence-corrected chi connectivity index (χ4v) is 3.93. The van der Waals surface area contributed by atoms with Crippen molar-refractivity contribution >= 4 is 22.7 Å². The molecule has 1 atom stereocenters. The van der Waals surface area contributed by atoms with Crippen molar-refractivity contribution in [2.45, 2.75) is 40.3 Å². The fourth-order valence-electron chi connectivity index (χ4n) is 3.93. The summed E-state index contributed by atoms with van der Waals surface area (Å²) in [5.41, 5.74) is 0.924. The van der Waals surface area contributed by atoms with Crippen molar-refractivity contribution in [3.8, 4) is 17.1 Å². The van der Waals surface area contributed by atoms with Crippen LogP contribution in [-0.4, -0.2) is 37.8 Å². The smallest absolute Gasteiger partial charge is 0.341 e. The van der Waals surface area contributed by atoms with E-state index in [2.05, 4.69) is 20.8 Å². The summed E-state index contributed by atoms with van der Waals surface area (Å²) in [7, 11) is 0. The highest BCUT2D eigenvalue weighted by molar-refractivity contribution is 5.97. The number of carbonyl (C=O) groups excluding carboxylic acids is 1. The SMILES string of the molecule is CC(=O)COc1cccc2c3n(nc12)CC(C(C)(C)C)n1cc(C(=O)O)c(=O)cc1-3. The Labute approximate surface area is 172 Å². The second kappa shape index (κ2) is 6.83. The van der Waals surface area contributed by atoms with Gasteiger partial charge in [0, 0.05) is 17.6 Å². The standard InChI is InChI=1S/C22H23N3O5/c1-12(26)11-30-17-7-5-6-13-19(17)23-25-10-18(22(2,3)4)24-9-14(21(28)29)16(27)8-15(24)20(13)25/h5-9,18H,10-11H2,1-4H3,(H,28,29). The van der Waals surface area contributed by atoms with Gasteiger partial charge in [-0.2, -0.15) is 5.10 Å². The Morgan fingerprint density at radius 2 is 2.03 bits per heavy atom. The highest BCUT2D eigenvalue weighted by Crippen LogP contribution is 2.42. The summed E-state index contributed by atoms with van der Waals surface area (Å²) in [6.45, 7) is 8.11. The molecule has 1 unspecified atom stereocenters. The van der Waals surface area contributed by atoms with Gasteiger partial charge in [0.05, 0.1) is 24.0 Å². The van der Waals surface area contributed by atoms with E-state index >= 15 is 0 Å². The fraction of sp³-hybridized carbons (Fsp3) is 0.364. The molecule has 0 spiro atoms. The number of aromatic nitrogens is 3. The molecule has 2 aromatic heterocycles. The summed E-state index contributed by atoms with van der Waals surface area (Å²) in [5.74, 6) is -0.846. The molecular weight excluding hydrogens is 386 g/mol. The van der Waals surface area contributed by atoms with E-state index in [1.54, 1.807) is 6.07 Å². The zero-order chi connectivity index (χ0) is 21.8. The number of hydrogen-bond acceptors (Lipinski definition) is 5. The highest BCUT2D eigenvalue weighted by Gasteiger charge is 2.35. The van der Waals surface area contributed by atoms with Crippen molar-refractivity contribution in [2.75, 3.05) is 6.61 Å². The lowest BCUT2D eigenvalue weighted by Gasteiger charge is -2.38. The molecule has 1 aromatic carbocycles. The number of benzene rings is 1. The van der Waals surface area contributed by atoms with Crippen LogP contribution in [0.4, 0.5) is 0 Å². The van der Waals surface area contributed by atoms with Gasteiger partial charge >= 0.3 is 5.97 Å². The average Bonchev–Trinajstić information content (AvgIpc) is 3.03. The summed E-state index contributed by atoms with van der Waals surface area (Å²) >= 11 is 0. The molecule has 3 heterocycles. The van der Waals surface area contributed by atoms with Crippen LogP contribution in [0.25, 0.3) is 22.3 Å². The second-order valence-corrected chi connectivity index (χ2v) is 8.70. The van der Waals surface area contributed by atoms with Gasteiger partial charge in [0.15, 0.2) is 11.2 Å². The third kappa shape index (κ3) is 3.18. The molecule has 8 heteroatoms. The van der Waals surface area contributed by atoms with Gasteiger partial charge in [-0.1, -0.05) is 32.9 Å². The highest BCUT2D eigenvalue weighted by atomic mass is 16.5. The lowest BCUT2D eigenvalue weighted by Crippen LogP contribution is -2.35. The van der Waals surface area contributed by atoms with E-state index in [1.165, 1.54) is 19.2 Å². The molecule has 156 valence electrons. The molecule has 1 aliphatic rings. The molecule has 1 N–H and O–H groups in total. The van der Waals surface area contributed by atoms with Crippen LogP contribution >= 0.6 is 0 Å². The molecule has 0 amide bonds. The normalized spacial score (nSPS) is 15.5. The molecule has 0 fully saturated rings. The topological polar surface area (TPSA) is 103 Å². The van der Waals surface area contributed by atoms with Crippen LogP contribution in [0.5, 0.6) is 5.75 Å². The lowest BCUT2D eigenvalue weighted by atomic mass is 9.85. The van der Waals surface area contributed by atoms with Crippen LogP contribution in [0.15, 0.2) is 35.3 Å². The monoisotopic (exact) mass is 409 g/mol. The molecule has 8 nitrogen and oxygen atoms in total. The molecule has 30 heavy (non-hydrogen) atoms. The number of ketones is 1. The number of carboxylic acid groups (broad SMARTS) is 1. The average molecular weight is 409 g/mol. The first-order chi connectivity index (χ1) is 14.1. The van der Waals surface area contributed by atoms with Crippen molar-refractivity contribution in [3.05, 3.63) is 46.2 Å². The number of nitrogens with zero attached hydrogens (tertiary/aromatic N) is 3. The van der Waals surface area contributed by atoms with E-state index < -0.39 is 11.4 Å². The maximum atomic E-state index is 12.5. The number of aromatic carboxylic acids is 1. The molecule has 0 bridgehead atoms. The summed E-state index contributed by atoms with van der Waals surface area (Å²) in [6.07, 6.45) is 1.44. The van der Waals surface area contributed by atoms with E-state index in [4.69, 9.17) is 9.84 Å². The van der Waals surface area contributed by atoms with E-state index in [-0.39, 0.29) is 29.4 Å². The van der Waals surface area contributed by atoms with E-state index in [1.807, 2.05) is 21.4 Å². The van der Waals surface area contributed by atoms with Crippen LogP contribution < -0.4 is 10.2 Å². The minimum Gasteiger partial charge on any atom is -0.483 e. The second-order valence-electron chi connectivity index (χ2n) is 8.70. The minimum atomic E-state index is -1.24. The van der Waals surface area contributed by atoms with Gasteiger partial charge in [-0.05, 0) is 18.4 Å². The number of rotatable bonds is 4. The molecule has 0 radical (unpaired) electrons. The molecule has 0 aliphatic carbocycles. The first-order valence-corrected chi connectivity index (χ1v) is 9.69. The third-order valence-electron chi connectivity index (χ3n) is 5.40. The van der Waals surface area contributed by atoms with Gasteiger partial charge in [-0.3, -0.25) is 14.3 Å². The quantitative estimate of drug-likeness (QED) is 0.710. The number of ether oxygens (including phenoxy) is 1. The first kappa shape index (κ1) is 19.9. The largest absolute Gasteiger partial charge is 0.483 e. The molecule has 0 saturated heterocycles. The predicted molar refractivity (Wildman–Crippen MR) is 111 cm³/mol. The Bertz CT molecular complexity index is 1250. The molecular formula is C22H23N3O5. The van der Waals surface area contributed by atoms with E-state index in [9.17, 15) is 19.5 Å². The first-order valence-electron chi connectivity index (χ1n) is 9.69. The number of carbonyl (C=O) groups is 2. The van der Waals surface area contributed by atoms with E-state index in [0.717, 1.165) is 11.1 Å². The van der Waals surface area contributed by atoms with Crippen molar-refractivity contribution in [3.63, 3.8) is 0 Å². The van der Waals surface area contributed by atoms with Crippen molar-refractivity contribution in [2.24, 2.45) is 5.41 Å². The van der Waals surface area contributed by atoms with Crippen molar-refractivity contribution in [1.29, 1.82) is 0 Å². The zero-order valence-electron chi connectivity index (χ0n) is 17.3. The Kier molecular flexibility index (Phi) is 4.52. The van der Waals surface area contributed by atoms with Crippen LogP contribution in [0.2, 0.25) is 0 Å². The van der Waals surface area contributed by atoms with Gasteiger partial charge in [-0.25, -0.2) is 4.79 Å². The van der Waals surface area contributed by atoms with Crippen LogP contribution in [0, 0.1) is 5.41 Å². The van der Waals surface area contributed by atoms with Crippen LogP contribution in [-0.2, 0) is 11.3 Å². The van der Waals surface area contributed by atoms with Gasteiger partial charge < -0.3 is 14.4 Å². The van der Waals surface area contributed by atoms with Crippen LogP contribution in [0.3, 0.4) is 0 Å². The van der Waals surface area contributed by atoms with Crippen molar-refractivity contribution in [1.82, 2.24) is 14.3 Å². The lowest BCUT2D eigenvalue weighted by molar-refractivity contribution is -0.118. The Morgan fingerprint density at radius 3 is 2.67 bits per heavy atom. The maximum absolute atomic E-state index is 12.5. The maximum Gasteiger partial charge on any atom is 0.341 e.